The van der Waals surface area contributed by atoms with Crippen LogP contribution in [-0.4, -0.2) is 17.3 Å². The van der Waals surface area contributed by atoms with Gasteiger partial charge in [-0.05, 0) is 48.4 Å². The molecule has 2 N–H and O–H groups in total. The van der Waals surface area contributed by atoms with Crippen LogP contribution in [0.3, 0.4) is 0 Å². The van der Waals surface area contributed by atoms with Crippen LogP contribution in [0.5, 0.6) is 0 Å². The molecule has 1 saturated carbocycles. The van der Waals surface area contributed by atoms with E-state index in [1.807, 2.05) is 0 Å². The van der Waals surface area contributed by atoms with Gasteiger partial charge in [0.2, 0.25) is 0 Å². The summed E-state index contributed by atoms with van der Waals surface area (Å²) in [6, 6.07) is 6.80. The SMILES string of the molecule is N#CC1(C2(O)CCCCC2)Cc2ccc3c(c21)CCN3. The van der Waals surface area contributed by atoms with Crippen molar-refractivity contribution in [2.24, 2.45) is 0 Å². The Morgan fingerprint density at radius 2 is 2.00 bits per heavy atom. The largest absolute Gasteiger partial charge is 0.388 e. The number of hydrogen-bond acceptors (Lipinski definition) is 3. The highest BCUT2D eigenvalue weighted by molar-refractivity contribution is 5.68. The molecule has 3 nitrogen and oxygen atoms in total. The van der Waals surface area contributed by atoms with Crippen LogP contribution in [0, 0.1) is 11.3 Å². The maximum Gasteiger partial charge on any atom is 0.115 e. The predicted octanol–water partition coefficient (Wildman–Crippen LogP) is 2.67. The highest BCUT2D eigenvalue weighted by Crippen LogP contribution is 2.55. The first-order chi connectivity index (χ1) is 9.70. The van der Waals surface area contributed by atoms with E-state index >= 15 is 0 Å². The van der Waals surface area contributed by atoms with E-state index in [0.29, 0.717) is 0 Å². The molecule has 0 amide bonds. The fourth-order valence-corrected chi connectivity index (χ4v) is 4.55. The third kappa shape index (κ3) is 1.33. The number of fused-ring (bicyclic) bond motifs is 3. The number of nitrogens with one attached hydrogen (secondary N) is 1. The number of anilines is 1. The maximum atomic E-state index is 11.2. The minimum absolute atomic E-state index is 0.653. The number of nitriles is 1. The summed E-state index contributed by atoms with van der Waals surface area (Å²) in [6.45, 7) is 0.950. The summed E-state index contributed by atoms with van der Waals surface area (Å²) >= 11 is 0. The normalized spacial score (nSPS) is 29.6. The first-order valence-corrected chi connectivity index (χ1v) is 7.73. The Labute approximate surface area is 119 Å². The molecule has 3 aliphatic rings. The quantitative estimate of drug-likeness (QED) is 0.823. The number of rotatable bonds is 1. The minimum atomic E-state index is -0.815. The average molecular weight is 268 g/mol. The van der Waals surface area contributed by atoms with Gasteiger partial charge in [-0.25, -0.2) is 0 Å². The Hall–Kier alpha value is -1.53. The molecular weight excluding hydrogens is 248 g/mol. The van der Waals surface area contributed by atoms with Crippen molar-refractivity contribution in [1.82, 2.24) is 0 Å². The van der Waals surface area contributed by atoms with E-state index in [1.54, 1.807) is 0 Å². The molecule has 1 aromatic rings. The van der Waals surface area contributed by atoms with Crippen molar-refractivity contribution in [2.75, 3.05) is 11.9 Å². The zero-order valence-electron chi connectivity index (χ0n) is 11.7. The molecule has 0 spiro atoms. The van der Waals surface area contributed by atoms with Crippen molar-refractivity contribution >= 4 is 5.69 Å². The fraction of sp³-hybridized carbons (Fsp3) is 0.588. The zero-order chi connectivity index (χ0) is 13.8. The molecule has 0 bridgehead atoms. The minimum Gasteiger partial charge on any atom is -0.388 e. The van der Waals surface area contributed by atoms with Crippen LogP contribution in [0.25, 0.3) is 0 Å². The lowest BCUT2D eigenvalue weighted by atomic mass is 9.52. The Balaban J connectivity index is 1.86. The van der Waals surface area contributed by atoms with E-state index in [2.05, 4.69) is 23.5 Å². The molecule has 0 saturated heterocycles. The summed E-state index contributed by atoms with van der Waals surface area (Å²) in [5.74, 6) is 0. The van der Waals surface area contributed by atoms with Gasteiger partial charge in [0.25, 0.3) is 0 Å². The fourth-order valence-electron chi connectivity index (χ4n) is 4.55. The van der Waals surface area contributed by atoms with E-state index in [9.17, 15) is 10.4 Å². The molecule has 1 aromatic carbocycles. The lowest BCUT2D eigenvalue weighted by Crippen LogP contribution is -2.58. The highest BCUT2D eigenvalue weighted by Gasteiger charge is 2.59. The Morgan fingerprint density at radius 1 is 1.20 bits per heavy atom. The average Bonchev–Trinajstić information content (AvgIpc) is 2.87. The monoisotopic (exact) mass is 268 g/mol. The molecule has 1 fully saturated rings. The zero-order valence-corrected chi connectivity index (χ0v) is 11.7. The standard InChI is InChI=1S/C17H20N2O/c18-11-16(17(20)7-2-1-3-8-17)10-12-4-5-14-13(15(12)16)6-9-19-14/h4-5,19-20H,1-3,6-10H2. The Morgan fingerprint density at radius 3 is 2.75 bits per heavy atom. The number of aliphatic hydroxyl groups is 1. The molecule has 1 heterocycles. The molecule has 4 rings (SSSR count). The first-order valence-electron chi connectivity index (χ1n) is 7.73. The predicted molar refractivity (Wildman–Crippen MR) is 77.7 cm³/mol. The number of nitrogens with zero attached hydrogens (tertiary/aromatic N) is 1. The van der Waals surface area contributed by atoms with Gasteiger partial charge in [0.15, 0.2) is 0 Å². The molecule has 20 heavy (non-hydrogen) atoms. The van der Waals surface area contributed by atoms with Gasteiger partial charge in [-0.3, -0.25) is 0 Å². The van der Waals surface area contributed by atoms with Crippen LogP contribution >= 0.6 is 0 Å². The maximum absolute atomic E-state index is 11.2. The molecule has 0 radical (unpaired) electrons. The smallest absolute Gasteiger partial charge is 0.115 e. The van der Waals surface area contributed by atoms with Crippen LogP contribution in [0.4, 0.5) is 5.69 Å². The summed E-state index contributed by atoms with van der Waals surface area (Å²) in [5, 5.41) is 24.5. The van der Waals surface area contributed by atoms with Gasteiger partial charge in [0.1, 0.15) is 5.41 Å². The van der Waals surface area contributed by atoms with Gasteiger partial charge in [-0.2, -0.15) is 5.26 Å². The van der Waals surface area contributed by atoms with Gasteiger partial charge < -0.3 is 10.4 Å². The Bertz CT molecular complexity index is 610. The highest BCUT2D eigenvalue weighted by atomic mass is 16.3. The second-order valence-corrected chi connectivity index (χ2v) is 6.59. The van der Waals surface area contributed by atoms with Gasteiger partial charge >= 0.3 is 0 Å². The van der Waals surface area contributed by atoms with E-state index in [4.69, 9.17) is 0 Å². The third-order valence-corrected chi connectivity index (χ3v) is 5.64. The molecule has 2 aliphatic carbocycles. The second kappa shape index (κ2) is 3.99. The van der Waals surface area contributed by atoms with Crippen molar-refractivity contribution in [3.8, 4) is 6.07 Å². The van der Waals surface area contributed by atoms with E-state index in [-0.39, 0.29) is 0 Å². The molecule has 3 heteroatoms. The van der Waals surface area contributed by atoms with Crippen LogP contribution < -0.4 is 5.32 Å². The van der Waals surface area contributed by atoms with Crippen LogP contribution in [-0.2, 0) is 18.3 Å². The second-order valence-electron chi connectivity index (χ2n) is 6.59. The molecular formula is C17H20N2O. The van der Waals surface area contributed by atoms with Crippen LogP contribution in [0.1, 0.15) is 48.8 Å². The third-order valence-electron chi connectivity index (χ3n) is 5.64. The summed E-state index contributed by atoms with van der Waals surface area (Å²) in [5.41, 5.74) is 3.42. The van der Waals surface area contributed by atoms with E-state index in [1.165, 1.54) is 23.2 Å². The van der Waals surface area contributed by atoms with Crippen molar-refractivity contribution in [3.63, 3.8) is 0 Å². The summed E-state index contributed by atoms with van der Waals surface area (Å²) in [6.07, 6.45) is 6.53. The van der Waals surface area contributed by atoms with Crippen molar-refractivity contribution < 1.29 is 5.11 Å². The van der Waals surface area contributed by atoms with E-state index in [0.717, 1.165) is 50.6 Å². The summed E-state index contributed by atoms with van der Waals surface area (Å²) < 4.78 is 0. The lowest BCUT2D eigenvalue weighted by Gasteiger charge is -2.52. The van der Waals surface area contributed by atoms with Gasteiger partial charge in [0.05, 0.1) is 11.7 Å². The van der Waals surface area contributed by atoms with Gasteiger partial charge in [-0.15, -0.1) is 0 Å². The number of hydrogen-bond donors (Lipinski definition) is 2. The van der Waals surface area contributed by atoms with Crippen LogP contribution in [0.2, 0.25) is 0 Å². The van der Waals surface area contributed by atoms with E-state index < -0.39 is 11.0 Å². The van der Waals surface area contributed by atoms with Crippen molar-refractivity contribution in [2.45, 2.75) is 56.0 Å². The number of benzene rings is 1. The summed E-state index contributed by atoms with van der Waals surface area (Å²) in [4.78, 5) is 0. The van der Waals surface area contributed by atoms with Crippen molar-refractivity contribution in [1.29, 1.82) is 5.26 Å². The molecule has 0 aromatic heterocycles. The summed E-state index contributed by atoms with van der Waals surface area (Å²) in [7, 11) is 0. The van der Waals surface area contributed by atoms with Crippen LogP contribution in [0.15, 0.2) is 12.1 Å². The van der Waals surface area contributed by atoms with Crippen molar-refractivity contribution in [3.05, 3.63) is 28.8 Å². The molecule has 1 aliphatic heterocycles. The van der Waals surface area contributed by atoms with Gasteiger partial charge in [-0.1, -0.05) is 25.3 Å². The molecule has 1 unspecified atom stereocenters. The van der Waals surface area contributed by atoms with Gasteiger partial charge in [0, 0.05) is 12.2 Å². The Kier molecular flexibility index (Phi) is 2.44. The lowest BCUT2D eigenvalue weighted by molar-refractivity contribution is -0.0566. The molecule has 1 atom stereocenters. The molecule has 104 valence electrons. The first kappa shape index (κ1) is 12.2. The topological polar surface area (TPSA) is 56.0 Å².